The van der Waals surface area contributed by atoms with Crippen molar-refractivity contribution in [1.29, 1.82) is 0 Å². The third kappa shape index (κ3) is 2.40. The van der Waals surface area contributed by atoms with Gasteiger partial charge in [-0.05, 0) is 30.3 Å². The van der Waals surface area contributed by atoms with Gasteiger partial charge in [-0.2, -0.15) is 0 Å². The van der Waals surface area contributed by atoms with Crippen LogP contribution in [0.15, 0.2) is 54.7 Å². The lowest BCUT2D eigenvalue weighted by molar-refractivity contribution is -0.114. The molecule has 0 aliphatic heterocycles. The van der Waals surface area contributed by atoms with Crippen molar-refractivity contribution in [3.8, 4) is 5.69 Å². The largest absolute Gasteiger partial charge is 0.326 e. The molecule has 2 aromatic carbocycles. The summed E-state index contributed by atoms with van der Waals surface area (Å²) < 4.78 is 0. The van der Waals surface area contributed by atoms with E-state index in [1.54, 1.807) is 11.0 Å². The number of para-hydroxylation sites is 1. The summed E-state index contributed by atoms with van der Waals surface area (Å²) in [6, 6.07) is 15.2. The zero-order valence-electron chi connectivity index (χ0n) is 12.4. The lowest BCUT2D eigenvalue weighted by Gasteiger charge is -2.03. The first-order chi connectivity index (χ1) is 11.2. The molecule has 0 fully saturated rings. The fourth-order valence-electron chi connectivity index (χ4n) is 2.56. The van der Waals surface area contributed by atoms with Gasteiger partial charge in [0.2, 0.25) is 5.91 Å². The Hall–Kier alpha value is -3.28. The molecule has 0 atom stereocenters. The molecule has 0 radical (unpaired) electrons. The Morgan fingerprint density at radius 3 is 2.70 bits per heavy atom. The van der Waals surface area contributed by atoms with Gasteiger partial charge in [-0.15, -0.1) is 15.0 Å². The van der Waals surface area contributed by atoms with Crippen molar-refractivity contribution in [2.45, 2.75) is 6.92 Å². The van der Waals surface area contributed by atoms with Gasteiger partial charge in [-0.1, -0.05) is 18.2 Å². The van der Waals surface area contributed by atoms with Crippen molar-refractivity contribution in [3.05, 3.63) is 54.7 Å². The van der Waals surface area contributed by atoms with E-state index < -0.39 is 0 Å². The van der Waals surface area contributed by atoms with E-state index in [0.29, 0.717) is 5.69 Å². The van der Waals surface area contributed by atoms with Crippen LogP contribution in [0.1, 0.15) is 6.92 Å². The number of anilines is 1. The van der Waals surface area contributed by atoms with Gasteiger partial charge in [-0.3, -0.25) is 9.78 Å². The van der Waals surface area contributed by atoms with Gasteiger partial charge in [0.1, 0.15) is 11.0 Å². The number of carbonyl (C=O) groups is 1. The molecule has 112 valence electrons. The van der Waals surface area contributed by atoms with Crippen LogP contribution in [0, 0.1) is 0 Å². The second-order valence-electron chi connectivity index (χ2n) is 5.22. The lowest BCUT2D eigenvalue weighted by Crippen LogP contribution is -2.05. The Morgan fingerprint density at radius 1 is 1.00 bits per heavy atom. The summed E-state index contributed by atoms with van der Waals surface area (Å²) in [7, 11) is 0. The van der Waals surface area contributed by atoms with E-state index in [-0.39, 0.29) is 5.91 Å². The topological polar surface area (TPSA) is 72.7 Å². The number of nitrogens with one attached hydrogen (secondary N) is 1. The van der Waals surface area contributed by atoms with Crippen LogP contribution in [0.2, 0.25) is 0 Å². The molecule has 6 nitrogen and oxygen atoms in total. The molecule has 0 aliphatic rings. The third-order valence-electron chi connectivity index (χ3n) is 3.54. The highest BCUT2D eigenvalue weighted by molar-refractivity contribution is 5.91. The second-order valence-corrected chi connectivity index (χ2v) is 5.22. The number of hydrogen-bond donors (Lipinski definition) is 1. The summed E-state index contributed by atoms with van der Waals surface area (Å²) >= 11 is 0. The summed E-state index contributed by atoms with van der Waals surface area (Å²) in [4.78, 5) is 17.1. The minimum atomic E-state index is -0.114. The molecule has 0 saturated heterocycles. The summed E-state index contributed by atoms with van der Waals surface area (Å²) in [6.45, 7) is 1.48. The van der Waals surface area contributed by atoms with Crippen molar-refractivity contribution in [1.82, 2.24) is 20.0 Å². The molecule has 2 aromatic heterocycles. The first kappa shape index (κ1) is 13.4. The standard InChI is InChI=1S/C17H13N5O/c1-11(23)19-12-6-7-15-16(10-12)21-22(20-15)17-8-9-18-14-5-3-2-4-13(14)17/h2-10H,1H3,(H,19,23). The predicted octanol–water partition coefficient (Wildman–Crippen LogP) is 2.93. The van der Waals surface area contributed by atoms with Gasteiger partial charge in [0.15, 0.2) is 0 Å². The Morgan fingerprint density at radius 2 is 1.83 bits per heavy atom. The zero-order valence-corrected chi connectivity index (χ0v) is 12.4. The number of hydrogen-bond acceptors (Lipinski definition) is 4. The molecule has 4 rings (SSSR count). The number of benzene rings is 2. The highest BCUT2D eigenvalue weighted by Gasteiger charge is 2.09. The average Bonchev–Trinajstić information content (AvgIpc) is 2.96. The molecule has 23 heavy (non-hydrogen) atoms. The predicted molar refractivity (Wildman–Crippen MR) is 88.5 cm³/mol. The van der Waals surface area contributed by atoms with Crippen LogP contribution in [-0.4, -0.2) is 25.9 Å². The van der Waals surface area contributed by atoms with Crippen LogP contribution in [-0.2, 0) is 4.79 Å². The SMILES string of the molecule is CC(=O)Nc1ccc2nn(-c3ccnc4ccccc34)nc2c1. The molecule has 0 saturated carbocycles. The highest BCUT2D eigenvalue weighted by atomic mass is 16.1. The summed E-state index contributed by atoms with van der Waals surface area (Å²) in [5, 5.41) is 12.8. The van der Waals surface area contributed by atoms with Crippen molar-refractivity contribution in [2.75, 3.05) is 5.32 Å². The maximum absolute atomic E-state index is 11.2. The van der Waals surface area contributed by atoms with Crippen LogP contribution in [0.5, 0.6) is 0 Å². The summed E-state index contributed by atoms with van der Waals surface area (Å²) in [5.41, 5.74) is 3.95. The number of amides is 1. The third-order valence-corrected chi connectivity index (χ3v) is 3.54. The van der Waals surface area contributed by atoms with Crippen molar-refractivity contribution in [2.24, 2.45) is 0 Å². The highest BCUT2D eigenvalue weighted by Crippen LogP contribution is 2.22. The molecule has 0 unspecified atom stereocenters. The Labute approximate surface area is 131 Å². The van der Waals surface area contributed by atoms with E-state index in [1.807, 2.05) is 48.5 Å². The Kier molecular flexibility index (Phi) is 3.01. The number of fused-ring (bicyclic) bond motifs is 2. The Balaban J connectivity index is 1.86. The van der Waals surface area contributed by atoms with Crippen molar-refractivity contribution >= 4 is 33.5 Å². The number of carbonyl (C=O) groups excluding carboxylic acids is 1. The van der Waals surface area contributed by atoms with E-state index in [1.165, 1.54) is 6.92 Å². The van der Waals surface area contributed by atoms with Gasteiger partial charge in [0, 0.05) is 24.2 Å². The zero-order chi connectivity index (χ0) is 15.8. The van der Waals surface area contributed by atoms with Crippen LogP contribution in [0.3, 0.4) is 0 Å². The molecule has 0 bridgehead atoms. The van der Waals surface area contributed by atoms with Crippen LogP contribution >= 0.6 is 0 Å². The molecule has 0 aliphatic carbocycles. The number of aromatic nitrogens is 4. The maximum Gasteiger partial charge on any atom is 0.221 e. The molecular formula is C17H13N5O. The normalized spacial score (nSPS) is 11.0. The number of pyridine rings is 1. The minimum Gasteiger partial charge on any atom is -0.326 e. The van der Waals surface area contributed by atoms with Gasteiger partial charge in [0.25, 0.3) is 0 Å². The fraction of sp³-hybridized carbons (Fsp3) is 0.0588. The smallest absolute Gasteiger partial charge is 0.221 e. The molecule has 1 N–H and O–H groups in total. The molecule has 2 heterocycles. The van der Waals surface area contributed by atoms with Gasteiger partial charge in [-0.25, -0.2) is 0 Å². The molecule has 0 spiro atoms. The van der Waals surface area contributed by atoms with E-state index in [9.17, 15) is 4.79 Å². The fourth-order valence-corrected chi connectivity index (χ4v) is 2.56. The van der Waals surface area contributed by atoms with E-state index >= 15 is 0 Å². The van der Waals surface area contributed by atoms with E-state index in [2.05, 4.69) is 20.5 Å². The minimum absolute atomic E-state index is 0.114. The van der Waals surface area contributed by atoms with Crippen molar-refractivity contribution < 1.29 is 4.79 Å². The monoisotopic (exact) mass is 303 g/mol. The van der Waals surface area contributed by atoms with Crippen LogP contribution < -0.4 is 5.32 Å². The molecule has 6 heteroatoms. The molecular weight excluding hydrogens is 290 g/mol. The van der Waals surface area contributed by atoms with Gasteiger partial charge in [0.05, 0.1) is 11.2 Å². The summed E-state index contributed by atoms with van der Waals surface area (Å²) in [5.74, 6) is -0.114. The van der Waals surface area contributed by atoms with E-state index in [4.69, 9.17) is 0 Å². The van der Waals surface area contributed by atoms with Gasteiger partial charge < -0.3 is 5.32 Å². The maximum atomic E-state index is 11.2. The average molecular weight is 303 g/mol. The van der Waals surface area contributed by atoms with Crippen LogP contribution in [0.4, 0.5) is 5.69 Å². The molecule has 4 aromatic rings. The molecule has 1 amide bonds. The summed E-state index contributed by atoms with van der Waals surface area (Å²) in [6.07, 6.45) is 1.74. The second kappa shape index (κ2) is 5.17. The lowest BCUT2D eigenvalue weighted by atomic mass is 10.2. The van der Waals surface area contributed by atoms with Crippen molar-refractivity contribution in [3.63, 3.8) is 0 Å². The first-order valence-corrected chi connectivity index (χ1v) is 7.19. The quantitative estimate of drug-likeness (QED) is 0.618. The number of nitrogens with zero attached hydrogens (tertiary/aromatic N) is 4. The van der Waals surface area contributed by atoms with Crippen LogP contribution in [0.25, 0.3) is 27.6 Å². The first-order valence-electron chi connectivity index (χ1n) is 7.19. The van der Waals surface area contributed by atoms with Gasteiger partial charge >= 0.3 is 0 Å². The Bertz CT molecular complexity index is 1030. The number of rotatable bonds is 2. The van der Waals surface area contributed by atoms with E-state index in [0.717, 1.165) is 27.6 Å².